The second-order valence-corrected chi connectivity index (χ2v) is 8.11. The Bertz CT molecular complexity index is 1220. The van der Waals surface area contributed by atoms with E-state index >= 15 is 0 Å². The molecule has 1 N–H and O–H groups in total. The van der Waals surface area contributed by atoms with Gasteiger partial charge in [-0.3, -0.25) is 14.4 Å². The second-order valence-electron chi connectivity index (χ2n) is 8.11. The maximum Gasteiger partial charge on any atom is 0.258 e. The van der Waals surface area contributed by atoms with Crippen molar-refractivity contribution in [3.63, 3.8) is 0 Å². The molecule has 1 saturated heterocycles. The first-order valence-corrected chi connectivity index (χ1v) is 11.0. The fourth-order valence-corrected chi connectivity index (χ4v) is 4.13. The van der Waals surface area contributed by atoms with E-state index in [1.807, 2.05) is 0 Å². The molecular weight excluding hydrogens is 427 g/mol. The van der Waals surface area contributed by atoms with Crippen LogP contribution >= 0.6 is 0 Å². The lowest BCUT2D eigenvalue weighted by Gasteiger charge is -2.31. The average molecular weight is 452 g/mol. The third-order valence-corrected chi connectivity index (χ3v) is 5.99. The number of rotatable bonds is 7. The van der Waals surface area contributed by atoms with Crippen LogP contribution in [0.15, 0.2) is 41.3 Å². The summed E-state index contributed by atoms with van der Waals surface area (Å²) in [6.07, 6.45) is 3.88. The van der Waals surface area contributed by atoms with Gasteiger partial charge in [0.05, 0.1) is 12.5 Å². The third-order valence-electron chi connectivity index (χ3n) is 5.99. The third kappa shape index (κ3) is 5.08. The number of aryl methyl sites for hydroxylation is 1. The van der Waals surface area contributed by atoms with E-state index in [1.165, 1.54) is 31.5 Å². The number of aromatic nitrogens is 3. The van der Waals surface area contributed by atoms with Crippen molar-refractivity contribution in [1.82, 2.24) is 19.9 Å². The number of pyridine rings is 1. The van der Waals surface area contributed by atoms with Crippen LogP contribution in [0.2, 0.25) is 0 Å². The molecule has 0 spiro atoms. The summed E-state index contributed by atoms with van der Waals surface area (Å²) in [5, 5.41) is 0.206. The van der Waals surface area contributed by atoms with E-state index in [-0.39, 0.29) is 34.1 Å². The number of halogens is 1. The lowest BCUT2D eigenvalue weighted by molar-refractivity contribution is -0.132. The number of ether oxygens (including phenoxy) is 1. The van der Waals surface area contributed by atoms with Crippen molar-refractivity contribution in [3.05, 3.63) is 64.1 Å². The summed E-state index contributed by atoms with van der Waals surface area (Å²) < 4.78 is 19.0. The fraction of sp³-hybridized carbons (Fsp3) is 0.375. The van der Waals surface area contributed by atoms with Gasteiger partial charge in [0.25, 0.3) is 5.56 Å². The molecule has 0 saturated carbocycles. The normalized spacial score (nSPS) is 14.4. The lowest BCUT2D eigenvalue weighted by atomic mass is 9.89. The van der Waals surface area contributed by atoms with Gasteiger partial charge < -0.3 is 14.6 Å². The van der Waals surface area contributed by atoms with Crippen LogP contribution in [0.4, 0.5) is 4.39 Å². The molecule has 2 aromatic heterocycles. The molecule has 33 heavy (non-hydrogen) atoms. The van der Waals surface area contributed by atoms with Crippen LogP contribution in [-0.2, 0) is 11.2 Å². The summed E-state index contributed by atoms with van der Waals surface area (Å²) in [7, 11) is 1.52. The number of nitrogens with one attached hydrogen (secondary N) is 1. The molecule has 9 heteroatoms. The van der Waals surface area contributed by atoms with Crippen LogP contribution < -0.4 is 10.3 Å². The standard InChI is InChI=1S/C24H25FN4O4/c1-33-20-9-8-16(14-26-20)23(31)15-10-12-29(13-11-15)21(30)7-3-6-19-27-22-17(24(32)28-19)4-2-5-18(22)25/h2,4-5,8-9,14-15H,3,6-7,10-13H2,1H3,(H,27,28,32). The highest BCUT2D eigenvalue weighted by Crippen LogP contribution is 2.23. The highest BCUT2D eigenvalue weighted by atomic mass is 19.1. The number of Topliss-reactive ketones (excluding diaryl/α,β-unsaturated/α-hetero) is 1. The van der Waals surface area contributed by atoms with Gasteiger partial charge in [0.1, 0.15) is 17.2 Å². The summed E-state index contributed by atoms with van der Waals surface area (Å²) >= 11 is 0. The molecular formula is C24H25FN4O4. The molecule has 1 fully saturated rings. The van der Waals surface area contributed by atoms with Crippen LogP contribution in [0.25, 0.3) is 10.9 Å². The molecule has 1 aromatic carbocycles. The van der Waals surface area contributed by atoms with Gasteiger partial charge in [0.2, 0.25) is 11.8 Å². The van der Waals surface area contributed by atoms with E-state index in [2.05, 4.69) is 15.0 Å². The largest absolute Gasteiger partial charge is 0.481 e. The van der Waals surface area contributed by atoms with Gasteiger partial charge in [-0.05, 0) is 37.5 Å². The number of fused-ring (bicyclic) bond motifs is 1. The van der Waals surface area contributed by atoms with E-state index in [4.69, 9.17) is 4.74 Å². The molecule has 3 heterocycles. The number of hydrogen-bond donors (Lipinski definition) is 1. The van der Waals surface area contributed by atoms with E-state index in [9.17, 15) is 18.8 Å². The van der Waals surface area contributed by atoms with Gasteiger partial charge in [0.15, 0.2) is 5.78 Å². The first-order valence-electron chi connectivity index (χ1n) is 11.0. The number of ketones is 1. The Labute approximate surface area is 189 Å². The van der Waals surface area contributed by atoms with E-state index in [0.717, 1.165) is 0 Å². The summed E-state index contributed by atoms with van der Waals surface area (Å²) in [4.78, 5) is 50.2. The number of methoxy groups -OCH3 is 1. The molecule has 4 rings (SSSR count). The van der Waals surface area contributed by atoms with Gasteiger partial charge in [-0.2, -0.15) is 0 Å². The lowest BCUT2D eigenvalue weighted by Crippen LogP contribution is -2.40. The van der Waals surface area contributed by atoms with Gasteiger partial charge in [-0.25, -0.2) is 14.4 Å². The zero-order chi connectivity index (χ0) is 23.4. The number of likely N-dealkylation sites (tertiary alicyclic amines) is 1. The SMILES string of the molecule is COc1ccc(C(=O)C2CCN(C(=O)CCCc3nc4c(F)cccc4c(=O)[nH]3)CC2)cn1. The number of piperidine rings is 1. The van der Waals surface area contributed by atoms with E-state index in [0.29, 0.717) is 62.5 Å². The number of nitrogens with zero attached hydrogens (tertiary/aromatic N) is 3. The minimum absolute atomic E-state index is 0.00123. The smallest absolute Gasteiger partial charge is 0.258 e. The van der Waals surface area contributed by atoms with Crippen molar-refractivity contribution in [1.29, 1.82) is 0 Å². The number of amides is 1. The Morgan fingerprint density at radius 1 is 1.21 bits per heavy atom. The molecule has 8 nitrogen and oxygen atoms in total. The molecule has 3 aromatic rings. The van der Waals surface area contributed by atoms with Gasteiger partial charge in [-0.15, -0.1) is 0 Å². The van der Waals surface area contributed by atoms with Crippen LogP contribution in [0.5, 0.6) is 5.88 Å². The topological polar surface area (TPSA) is 105 Å². The molecule has 1 aliphatic heterocycles. The molecule has 0 bridgehead atoms. The summed E-state index contributed by atoms with van der Waals surface area (Å²) in [5.74, 6) is 0.185. The zero-order valence-corrected chi connectivity index (χ0v) is 18.3. The van der Waals surface area contributed by atoms with Crippen LogP contribution in [0.1, 0.15) is 41.9 Å². The van der Waals surface area contributed by atoms with Crippen molar-refractivity contribution in [2.45, 2.75) is 32.1 Å². The van der Waals surface area contributed by atoms with E-state index < -0.39 is 5.82 Å². The highest BCUT2D eigenvalue weighted by Gasteiger charge is 2.28. The van der Waals surface area contributed by atoms with Crippen molar-refractivity contribution in [2.75, 3.05) is 20.2 Å². The summed E-state index contributed by atoms with van der Waals surface area (Å²) in [6.45, 7) is 1.05. The molecule has 0 unspecified atom stereocenters. The Balaban J connectivity index is 1.27. The molecule has 0 atom stereocenters. The van der Waals surface area contributed by atoms with Crippen molar-refractivity contribution < 1.29 is 18.7 Å². The summed E-state index contributed by atoms with van der Waals surface area (Å²) in [6, 6.07) is 7.64. The van der Waals surface area contributed by atoms with Crippen molar-refractivity contribution >= 4 is 22.6 Å². The molecule has 0 radical (unpaired) electrons. The Morgan fingerprint density at radius 3 is 2.70 bits per heavy atom. The monoisotopic (exact) mass is 452 g/mol. The Hall–Kier alpha value is -3.62. The minimum atomic E-state index is -0.543. The summed E-state index contributed by atoms with van der Waals surface area (Å²) in [5.41, 5.74) is 0.204. The number of aromatic amines is 1. The zero-order valence-electron chi connectivity index (χ0n) is 18.3. The predicted octanol–water partition coefficient (Wildman–Crippen LogP) is 2.91. The number of benzene rings is 1. The van der Waals surface area contributed by atoms with Gasteiger partial charge >= 0.3 is 0 Å². The number of hydrogen-bond acceptors (Lipinski definition) is 6. The maximum absolute atomic E-state index is 14.0. The van der Waals surface area contributed by atoms with Crippen LogP contribution in [0, 0.1) is 11.7 Å². The molecule has 1 amide bonds. The Morgan fingerprint density at radius 2 is 2.00 bits per heavy atom. The highest BCUT2D eigenvalue weighted by molar-refractivity contribution is 5.97. The van der Waals surface area contributed by atoms with Crippen molar-refractivity contribution in [3.8, 4) is 5.88 Å². The number of carbonyl (C=O) groups excluding carboxylic acids is 2. The quantitative estimate of drug-likeness (QED) is 0.553. The van der Waals surface area contributed by atoms with Crippen LogP contribution in [-0.4, -0.2) is 51.7 Å². The first kappa shape index (κ1) is 22.6. The molecule has 172 valence electrons. The predicted molar refractivity (Wildman–Crippen MR) is 120 cm³/mol. The molecule has 1 aliphatic rings. The first-order chi connectivity index (χ1) is 16.0. The minimum Gasteiger partial charge on any atom is -0.481 e. The maximum atomic E-state index is 14.0. The average Bonchev–Trinajstić information content (AvgIpc) is 2.84. The van der Waals surface area contributed by atoms with Crippen LogP contribution in [0.3, 0.4) is 0 Å². The van der Waals surface area contributed by atoms with E-state index in [1.54, 1.807) is 17.0 Å². The van der Waals surface area contributed by atoms with Gasteiger partial charge in [-0.1, -0.05) is 6.07 Å². The van der Waals surface area contributed by atoms with Crippen molar-refractivity contribution in [2.24, 2.45) is 5.92 Å². The van der Waals surface area contributed by atoms with Gasteiger partial charge in [0, 0.05) is 49.7 Å². The molecule has 0 aliphatic carbocycles. The Kier molecular flexibility index (Phi) is 6.76. The number of H-pyrrole nitrogens is 1. The fourth-order valence-electron chi connectivity index (χ4n) is 4.13. The number of para-hydroxylation sites is 1. The number of carbonyl (C=O) groups is 2. The second kappa shape index (κ2) is 9.89.